The Morgan fingerprint density at radius 1 is 0.581 bits per heavy atom. The van der Waals surface area contributed by atoms with E-state index < -0.39 is 0 Å². The van der Waals surface area contributed by atoms with E-state index in [1.165, 1.54) is 0 Å². The third kappa shape index (κ3) is 4.64. The van der Waals surface area contributed by atoms with Crippen molar-refractivity contribution in [2.24, 2.45) is 0 Å². The number of aliphatic hydroxyl groups excluding tert-OH is 2. The van der Waals surface area contributed by atoms with E-state index in [0.29, 0.717) is 22.5 Å². The highest BCUT2D eigenvalue weighted by atomic mass is 16.3. The number of rotatable bonds is 4. The fraction of sp³-hybridized carbons (Fsp3) is 0.111. The van der Waals surface area contributed by atoms with Crippen molar-refractivity contribution in [1.82, 2.24) is 9.97 Å². The molecule has 0 fully saturated rings. The van der Waals surface area contributed by atoms with Gasteiger partial charge in [-0.15, -0.1) is 0 Å². The van der Waals surface area contributed by atoms with Gasteiger partial charge in [0.25, 0.3) is 0 Å². The Bertz CT molecular complexity index is 1300. The minimum Gasteiger partial charge on any atom is -0.507 e. The van der Waals surface area contributed by atoms with E-state index in [2.05, 4.69) is 0 Å². The topological polar surface area (TPSA) is 66.2 Å². The van der Waals surface area contributed by atoms with Crippen LogP contribution in [0.3, 0.4) is 0 Å². The summed E-state index contributed by atoms with van der Waals surface area (Å²) in [7, 11) is 0. The number of nitrogens with zero attached hydrogens (tertiary/aromatic N) is 2. The highest BCUT2D eigenvalue weighted by Gasteiger charge is 2.10. The summed E-state index contributed by atoms with van der Waals surface area (Å²) in [6.07, 6.45) is 3.18. The predicted molar refractivity (Wildman–Crippen MR) is 128 cm³/mol. The summed E-state index contributed by atoms with van der Waals surface area (Å²) in [6, 6.07) is 21.0. The summed E-state index contributed by atoms with van der Waals surface area (Å²) < 4.78 is 0. The van der Waals surface area contributed by atoms with Gasteiger partial charge in [0.1, 0.15) is 11.5 Å². The standard InChI is InChI=1S/C27H24N2O2/c1-17-4-9-20(10-5-17)26(30)15-24-25(16-27(31)21-11-6-18(2)7-12-21)29-23-14-19(3)8-13-22(23)28-24/h4-16,30-31H,1-3H3. The van der Waals surface area contributed by atoms with Crippen molar-refractivity contribution in [2.75, 3.05) is 0 Å². The Morgan fingerprint density at radius 2 is 1.00 bits per heavy atom. The summed E-state index contributed by atoms with van der Waals surface area (Å²) in [5, 5.41) is 21.4. The number of hydrogen-bond acceptors (Lipinski definition) is 4. The molecule has 4 heteroatoms. The van der Waals surface area contributed by atoms with Crippen molar-refractivity contribution in [3.05, 3.63) is 106 Å². The van der Waals surface area contributed by atoms with Gasteiger partial charge in [-0.2, -0.15) is 0 Å². The molecule has 0 amide bonds. The molecule has 154 valence electrons. The van der Waals surface area contributed by atoms with Gasteiger partial charge in [-0.1, -0.05) is 65.7 Å². The molecule has 4 aromatic rings. The first kappa shape index (κ1) is 20.4. The lowest BCUT2D eigenvalue weighted by Gasteiger charge is -2.08. The van der Waals surface area contributed by atoms with Gasteiger partial charge in [-0.3, -0.25) is 0 Å². The van der Waals surface area contributed by atoms with Gasteiger partial charge in [0.15, 0.2) is 0 Å². The molecule has 4 nitrogen and oxygen atoms in total. The van der Waals surface area contributed by atoms with Crippen LogP contribution in [0.2, 0.25) is 0 Å². The second-order valence-electron chi connectivity index (χ2n) is 7.78. The molecule has 1 aromatic heterocycles. The number of hydrogen-bond donors (Lipinski definition) is 2. The van der Waals surface area contributed by atoms with Gasteiger partial charge < -0.3 is 10.2 Å². The summed E-state index contributed by atoms with van der Waals surface area (Å²) >= 11 is 0. The average molecular weight is 409 g/mol. The van der Waals surface area contributed by atoms with Crippen LogP contribution in [0.1, 0.15) is 39.2 Å². The minimum absolute atomic E-state index is 0.0882. The van der Waals surface area contributed by atoms with E-state index in [0.717, 1.165) is 27.7 Å². The number of aliphatic hydroxyl groups is 2. The molecule has 0 saturated carbocycles. The first-order valence-corrected chi connectivity index (χ1v) is 10.1. The third-order valence-electron chi connectivity index (χ3n) is 5.12. The molecule has 0 aliphatic carbocycles. The maximum absolute atomic E-state index is 10.7. The van der Waals surface area contributed by atoms with E-state index >= 15 is 0 Å². The molecule has 3 aromatic carbocycles. The molecular weight excluding hydrogens is 384 g/mol. The lowest BCUT2D eigenvalue weighted by Crippen LogP contribution is -1.97. The van der Waals surface area contributed by atoms with Crippen LogP contribution in [0.15, 0.2) is 66.7 Å². The van der Waals surface area contributed by atoms with Crippen LogP contribution in [-0.2, 0) is 0 Å². The lowest BCUT2D eigenvalue weighted by atomic mass is 10.1. The SMILES string of the molecule is Cc1ccc(C(O)=Cc2nc3ccc(C)cc3nc2C=C(O)c2ccc(C)cc2)cc1. The number of aromatic nitrogens is 2. The quantitative estimate of drug-likeness (QED) is 0.370. The molecule has 0 atom stereocenters. The van der Waals surface area contributed by atoms with Gasteiger partial charge in [-0.05, 0) is 38.5 Å². The Morgan fingerprint density at radius 3 is 1.48 bits per heavy atom. The van der Waals surface area contributed by atoms with Crippen LogP contribution in [-0.4, -0.2) is 20.2 Å². The van der Waals surface area contributed by atoms with Crippen molar-refractivity contribution < 1.29 is 10.2 Å². The molecule has 31 heavy (non-hydrogen) atoms. The van der Waals surface area contributed by atoms with Crippen LogP contribution in [0.5, 0.6) is 0 Å². The molecular formula is C27H24N2O2. The molecule has 0 saturated heterocycles. The van der Waals surface area contributed by atoms with Gasteiger partial charge in [0.2, 0.25) is 0 Å². The highest BCUT2D eigenvalue weighted by Crippen LogP contribution is 2.23. The van der Waals surface area contributed by atoms with E-state index in [-0.39, 0.29) is 11.5 Å². The Balaban J connectivity index is 1.85. The monoisotopic (exact) mass is 408 g/mol. The fourth-order valence-electron chi connectivity index (χ4n) is 3.28. The summed E-state index contributed by atoms with van der Waals surface area (Å²) in [4.78, 5) is 9.43. The van der Waals surface area contributed by atoms with Crippen molar-refractivity contribution in [3.63, 3.8) is 0 Å². The Kier molecular flexibility index (Phi) is 5.54. The van der Waals surface area contributed by atoms with E-state index in [1.807, 2.05) is 87.5 Å². The minimum atomic E-state index is 0.0882. The van der Waals surface area contributed by atoms with Crippen molar-refractivity contribution >= 4 is 34.7 Å². The average Bonchev–Trinajstić information content (AvgIpc) is 2.75. The number of fused-ring (bicyclic) bond motifs is 1. The first-order chi connectivity index (χ1) is 14.9. The zero-order valence-corrected chi connectivity index (χ0v) is 17.8. The first-order valence-electron chi connectivity index (χ1n) is 10.1. The number of benzene rings is 3. The summed E-state index contributed by atoms with van der Waals surface area (Å²) in [6.45, 7) is 5.99. The molecule has 0 spiro atoms. The maximum Gasteiger partial charge on any atom is 0.125 e. The molecule has 0 aliphatic rings. The van der Waals surface area contributed by atoms with Crippen LogP contribution in [0.25, 0.3) is 34.7 Å². The maximum atomic E-state index is 10.7. The lowest BCUT2D eigenvalue weighted by molar-refractivity contribution is 0.514. The zero-order valence-electron chi connectivity index (χ0n) is 17.8. The smallest absolute Gasteiger partial charge is 0.125 e. The van der Waals surface area contributed by atoms with E-state index in [9.17, 15) is 10.2 Å². The molecule has 1 heterocycles. The molecule has 4 rings (SSSR count). The molecule has 0 bridgehead atoms. The van der Waals surface area contributed by atoms with Crippen molar-refractivity contribution in [3.8, 4) is 0 Å². The second-order valence-corrected chi connectivity index (χ2v) is 7.78. The second kappa shape index (κ2) is 8.44. The molecule has 0 aliphatic heterocycles. The summed E-state index contributed by atoms with van der Waals surface area (Å²) in [5.74, 6) is 0.177. The van der Waals surface area contributed by atoms with Gasteiger partial charge in [-0.25, -0.2) is 9.97 Å². The van der Waals surface area contributed by atoms with E-state index in [1.54, 1.807) is 12.2 Å². The van der Waals surface area contributed by atoms with E-state index in [4.69, 9.17) is 9.97 Å². The van der Waals surface area contributed by atoms with Crippen LogP contribution >= 0.6 is 0 Å². The van der Waals surface area contributed by atoms with Gasteiger partial charge >= 0.3 is 0 Å². The zero-order chi connectivity index (χ0) is 22.0. The van der Waals surface area contributed by atoms with Crippen molar-refractivity contribution in [1.29, 1.82) is 0 Å². The predicted octanol–water partition coefficient (Wildman–Crippen LogP) is 6.67. The highest BCUT2D eigenvalue weighted by molar-refractivity contribution is 5.86. The molecule has 0 unspecified atom stereocenters. The van der Waals surface area contributed by atoms with Gasteiger partial charge in [0, 0.05) is 23.3 Å². The van der Waals surface area contributed by atoms with Crippen LogP contribution < -0.4 is 0 Å². The number of aryl methyl sites for hydroxylation is 3. The van der Waals surface area contributed by atoms with Crippen molar-refractivity contribution in [2.45, 2.75) is 20.8 Å². The van der Waals surface area contributed by atoms with Crippen LogP contribution in [0.4, 0.5) is 0 Å². The molecule has 2 N–H and O–H groups in total. The van der Waals surface area contributed by atoms with Gasteiger partial charge in [0.05, 0.1) is 22.4 Å². The Hall–Kier alpha value is -3.92. The largest absolute Gasteiger partial charge is 0.507 e. The third-order valence-corrected chi connectivity index (χ3v) is 5.12. The fourth-order valence-corrected chi connectivity index (χ4v) is 3.28. The molecule has 0 radical (unpaired) electrons. The summed E-state index contributed by atoms with van der Waals surface area (Å²) in [5.41, 5.74) is 7.10. The normalized spacial score (nSPS) is 12.4. The van der Waals surface area contributed by atoms with Crippen LogP contribution in [0, 0.1) is 20.8 Å². The Labute approximate surface area is 181 Å².